The van der Waals surface area contributed by atoms with Crippen molar-refractivity contribution in [2.75, 3.05) is 13.1 Å². The molecule has 1 aliphatic heterocycles. The fourth-order valence-electron chi connectivity index (χ4n) is 1.74. The second-order valence-electron chi connectivity index (χ2n) is 3.88. The summed E-state index contributed by atoms with van der Waals surface area (Å²) in [6.45, 7) is 5.56. The van der Waals surface area contributed by atoms with Crippen molar-refractivity contribution < 1.29 is 4.42 Å². The number of nitrogens with zero attached hydrogens (tertiary/aromatic N) is 2. The quantitative estimate of drug-likeness (QED) is 0.696. The Labute approximate surface area is 78.8 Å². The first-order chi connectivity index (χ1) is 6.34. The second-order valence-corrected chi connectivity index (χ2v) is 3.88. The third-order valence-corrected chi connectivity index (χ3v) is 2.72. The number of rotatable bonds is 2. The van der Waals surface area contributed by atoms with Crippen molar-refractivity contribution in [1.29, 1.82) is 0 Å². The van der Waals surface area contributed by atoms with Crippen LogP contribution in [0.15, 0.2) is 16.9 Å². The average Bonchev–Trinajstić information content (AvgIpc) is 2.62. The first kappa shape index (κ1) is 8.75. The maximum atomic E-state index is 5.21. The Hall–Kier alpha value is -0.830. The van der Waals surface area contributed by atoms with Crippen LogP contribution in [0.2, 0.25) is 0 Å². The highest BCUT2D eigenvalue weighted by Crippen LogP contribution is 2.17. The van der Waals surface area contributed by atoms with Gasteiger partial charge in [-0.05, 0) is 31.8 Å². The first-order valence-corrected chi connectivity index (χ1v) is 4.95. The molecule has 13 heavy (non-hydrogen) atoms. The van der Waals surface area contributed by atoms with Crippen LogP contribution in [0.4, 0.5) is 0 Å². The van der Waals surface area contributed by atoms with Crippen LogP contribution >= 0.6 is 0 Å². The van der Waals surface area contributed by atoms with E-state index in [0.29, 0.717) is 0 Å². The van der Waals surface area contributed by atoms with E-state index in [4.69, 9.17) is 4.42 Å². The molecule has 72 valence electrons. The summed E-state index contributed by atoms with van der Waals surface area (Å²) in [7, 11) is 0. The fraction of sp³-hybridized carbons (Fsp3) is 0.700. The Balaban J connectivity index is 1.83. The van der Waals surface area contributed by atoms with Gasteiger partial charge in [-0.3, -0.25) is 4.90 Å². The minimum absolute atomic E-state index is 0.842. The van der Waals surface area contributed by atoms with Crippen LogP contribution in [0.25, 0.3) is 0 Å². The molecule has 0 amide bonds. The average molecular weight is 180 g/mol. The molecule has 0 spiro atoms. The first-order valence-electron chi connectivity index (χ1n) is 4.95. The lowest BCUT2D eigenvalue weighted by molar-refractivity contribution is 0.171. The highest BCUT2D eigenvalue weighted by molar-refractivity contribution is 4.81. The van der Waals surface area contributed by atoms with Crippen molar-refractivity contribution in [2.24, 2.45) is 5.92 Å². The van der Waals surface area contributed by atoms with Gasteiger partial charge in [0, 0.05) is 0 Å². The lowest BCUT2D eigenvalue weighted by Gasteiger charge is -2.28. The molecule has 3 heteroatoms. The van der Waals surface area contributed by atoms with Gasteiger partial charge in [0.25, 0.3) is 0 Å². The summed E-state index contributed by atoms with van der Waals surface area (Å²) in [5.41, 5.74) is 0. The van der Waals surface area contributed by atoms with E-state index >= 15 is 0 Å². The van der Waals surface area contributed by atoms with E-state index in [9.17, 15) is 0 Å². The molecular formula is C10H16N2O. The molecule has 0 atom stereocenters. The SMILES string of the molecule is CC1CCN(Cc2ncco2)CC1. The fourth-order valence-corrected chi connectivity index (χ4v) is 1.74. The Kier molecular flexibility index (Phi) is 2.64. The van der Waals surface area contributed by atoms with E-state index in [1.54, 1.807) is 12.5 Å². The van der Waals surface area contributed by atoms with Gasteiger partial charge in [0.2, 0.25) is 5.89 Å². The Bertz CT molecular complexity index is 237. The number of hydrogen-bond acceptors (Lipinski definition) is 3. The van der Waals surface area contributed by atoms with Crippen molar-refractivity contribution in [2.45, 2.75) is 26.3 Å². The predicted octanol–water partition coefficient (Wildman–Crippen LogP) is 1.91. The van der Waals surface area contributed by atoms with Gasteiger partial charge < -0.3 is 4.42 Å². The van der Waals surface area contributed by atoms with Crippen molar-refractivity contribution in [1.82, 2.24) is 9.88 Å². The summed E-state index contributed by atoms with van der Waals surface area (Å²) in [6, 6.07) is 0. The smallest absolute Gasteiger partial charge is 0.208 e. The van der Waals surface area contributed by atoms with E-state index in [0.717, 1.165) is 18.4 Å². The van der Waals surface area contributed by atoms with Gasteiger partial charge in [0.15, 0.2) is 0 Å². The predicted molar refractivity (Wildman–Crippen MR) is 50.2 cm³/mol. The van der Waals surface area contributed by atoms with Gasteiger partial charge in [-0.15, -0.1) is 0 Å². The third-order valence-electron chi connectivity index (χ3n) is 2.72. The van der Waals surface area contributed by atoms with Crippen molar-refractivity contribution in [3.05, 3.63) is 18.4 Å². The number of oxazole rings is 1. The number of hydrogen-bond donors (Lipinski definition) is 0. The summed E-state index contributed by atoms with van der Waals surface area (Å²) in [5, 5.41) is 0. The van der Waals surface area contributed by atoms with Crippen LogP contribution < -0.4 is 0 Å². The standard InChI is InChI=1S/C10H16N2O/c1-9-2-5-12(6-3-9)8-10-11-4-7-13-10/h4,7,9H,2-3,5-6,8H2,1H3. The topological polar surface area (TPSA) is 29.3 Å². The molecule has 0 radical (unpaired) electrons. The third kappa shape index (κ3) is 2.31. The molecule has 1 aliphatic rings. The monoisotopic (exact) mass is 180 g/mol. The van der Waals surface area contributed by atoms with Crippen molar-refractivity contribution in [3.63, 3.8) is 0 Å². The van der Waals surface area contributed by atoms with Crippen molar-refractivity contribution >= 4 is 0 Å². The summed E-state index contributed by atoms with van der Waals surface area (Å²) < 4.78 is 5.21. The number of aromatic nitrogens is 1. The number of likely N-dealkylation sites (tertiary alicyclic amines) is 1. The maximum Gasteiger partial charge on any atom is 0.208 e. The van der Waals surface area contributed by atoms with E-state index in [1.165, 1.54) is 25.9 Å². The zero-order valence-corrected chi connectivity index (χ0v) is 8.07. The molecule has 1 aromatic heterocycles. The van der Waals surface area contributed by atoms with Crippen LogP contribution in [0, 0.1) is 5.92 Å². The maximum absolute atomic E-state index is 5.21. The molecule has 3 nitrogen and oxygen atoms in total. The summed E-state index contributed by atoms with van der Waals surface area (Å²) in [6.07, 6.45) is 5.96. The number of piperidine rings is 1. The molecule has 0 aromatic carbocycles. The van der Waals surface area contributed by atoms with Crippen LogP contribution in [0.1, 0.15) is 25.7 Å². The summed E-state index contributed by atoms with van der Waals surface area (Å²) in [4.78, 5) is 6.53. The van der Waals surface area contributed by atoms with E-state index in [2.05, 4.69) is 16.8 Å². The Morgan fingerprint density at radius 2 is 2.31 bits per heavy atom. The minimum atomic E-state index is 0.842. The van der Waals surface area contributed by atoms with Gasteiger partial charge in [-0.1, -0.05) is 6.92 Å². The van der Waals surface area contributed by atoms with Crippen molar-refractivity contribution in [3.8, 4) is 0 Å². The molecule has 0 saturated carbocycles. The lowest BCUT2D eigenvalue weighted by atomic mass is 9.99. The molecule has 0 bridgehead atoms. The van der Waals surface area contributed by atoms with Crippen LogP contribution in [-0.4, -0.2) is 23.0 Å². The molecule has 0 aliphatic carbocycles. The largest absolute Gasteiger partial charge is 0.448 e. The normalized spacial score (nSPS) is 20.7. The van der Waals surface area contributed by atoms with Crippen LogP contribution in [0.3, 0.4) is 0 Å². The molecule has 2 rings (SSSR count). The Morgan fingerprint density at radius 3 is 2.92 bits per heavy atom. The molecule has 2 heterocycles. The van der Waals surface area contributed by atoms with Gasteiger partial charge in [-0.2, -0.15) is 0 Å². The van der Waals surface area contributed by atoms with Crippen LogP contribution in [0.5, 0.6) is 0 Å². The highest BCUT2D eigenvalue weighted by Gasteiger charge is 2.16. The zero-order chi connectivity index (χ0) is 9.10. The van der Waals surface area contributed by atoms with E-state index in [-0.39, 0.29) is 0 Å². The summed E-state index contributed by atoms with van der Waals surface area (Å²) in [5.74, 6) is 1.73. The lowest BCUT2D eigenvalue weighted by Crippen LogP contribution is -2.32. The highest BCUT2D eigenvalue weighted by atomic mass is 16.3. The van der Waals surface area contributed by atoms with Gasteiger partial charge in [0.05, 0.1) is 12.7 Å². The van der Waals surface area contributed by atoms with E-state index in [1.807, 2.05) is 0 Å². The molecule has 0 N–H and O–H groups in total. The molecule has 1 saturated heterocycles. The molecular weight excluding hydrogens is 164 g/mol. The van der Waals surface area contributed by atoms with Crippen LogP contribution in [-0.2, 0) is 6.54 Å². The van der Waals surface area contributed by atoms with Gasteiger partial charge in [0.1, 0.15) is 6.26 Å². The second kappa shape index (κ2) is 3.92. The Morgan fingerprint density at radius 1 is 1.54 bits per heavy atom. The van der Waals surface area contributed by atoms with Gasteiger partial charge >= 0.3 is 0 Å². The summed E-state index contributed by atoms with van der Waals surface area (Å²) >= 11 is 0. The molecule has 1 fully saturated rings. The minimum Gasteiger partial charge on any atom is -0.448 e. The molecule has 0 unspecified atom stereocenters. The van der Waals surface area contributed by atoms with E-state index < -0.39 is 0 Å². The van der Waals surface area contributed by atoms with Gasteiger partial charge in [-0.25, -0.2) is 4.98 Å². The molecule has 1 aromatic rings. The zero-order valence-electron chi connectivity index (χ0n) is 8.07.